The summed E-state index contributed by atoms with van der Waals surface area (Å²) in [5, 5.41) is 8.08. The predicted molar refractivity (Wildman–Crippen MR) is 73.9 cm³/mol. The molecule has 0 radical (unpaired) electrons. The van der Waals surface area contributed by atoms with Crippen molar-refractivity contribution in [2.45, 2.75) is 4.90 Å². The van der Waals surface area contributed by atoms with E-state index in [-0.39, 0.29) is 5.02 Å². The van der Waals surface area contributed by atoms with Crippen LogP contribution in [0.5, 0.6) is 0 Å². The Balaban J connectivity index is 0.000000621. The second-order valence-corrected chi connectivity index (χ2v) is 8.20. The molecule has 0 saturated carbocycles. The molecule has 13 heteroatoms. The monoisotopic (exact) mass is 404 g/mol. The van der Waals surface area contributed by atoms with E-state index in [4.69, 9.17) is 52.0 Å². The SMILES string of the molecule is O=C(O)c1c(Cl)ccc(S(=O)(=O)Cl)c1Cl.O=S(=O)(O)Cl. The molecule has 0 aromatic heterocycles. The van der Waals surface area contributed by atoms with Gasteiger partial charge in [0.25, 0.3) is 9.05 Å². The molecule has 1 aromatic carbocycles. The van der Waals surface area contributed by atoms with Gasteiger partial charge in [-0.2, -0.15) is 8.42 Å². The summed E-state index contributed by atoms with van der Waals surface area (Å²) in [6.45, 7) is 0. The molecule has 0 atom stereocenters. The Morgan fingerprint density at radius 2 is 1.45 bits per heavy atom. The van der Waals surface area contributed by atoms with Gasteiger partial charge in [-0.1, -0.05) is 23.2 Å². The van der Waals surface area contributed by atoms with E-state index >= 15 is 0 Å². The summed E-state index contributed by atoms with van der Waals surface area (Å²) in [5.41, 5.74) is -0.486. The summed E-state index contributed by atoms with van der Waals surface area (Å²) in [6.07, 6.45) is 0. The lowest BCUT2D eigenvalue weighted by Gasteiger charge is -2.05. The lowest BCUT2D eigenvalue weighted by atomic mass is 10.2. The van der Waals surface area contributed by atoms with Crippen LogP contribution in [-0.4, -0.2) is 32.5 Å². The third-order valence-corrected chi connectivity index (χ3v) is 3.72. The molecule has 20 heavy (non-hydrogen) atoms. The fourth-order valence-corrected chi connectivity index (χ4v) is 2.81. The Bertz CT molecular complexity index is 718. The fourth-order valence-electron chi connectivity index (χ4n) is 0.918. The largest absolute Gasteiger partial charge is 0.478 e. The van der Waals surface area contributed by atoms with E-state index in [0.717, 1.165) is 12.1 Å². The highest BCUT2D eigenvalue weighted by Crippen LogP contribution is 2.32. The zero-order valence-corrected chi connectivity index (χ0v) is 13.6. The van der Waals surface area contributed by atoms with Crippen molar-refractivity contribution in [1.29, 1.82) is 0 Å². The summed E-state index contributed by atoms with van der Waals surface area (Å²) in [5.74, 6) is -1.42. The molecule has 0 aliphatic heterocycles. The third-order valence-electron chi connectivity index (χ3n) is 1.53. The van der Waals surface area contributed by atoms with Crippen LogP contribution >= 0.6 is 44.6 Å². The van der Waals surface area contributed by atoms with Gasteiger partial charge in [-0.3, -0.25) is 4.55 Å². The first-order chi connectivity index (χ1) is 8.75. The molecular weight excluding hydrogens is 402 g/mol. The van der Waals surface area contributed by atoms with E-state index in [1.807, 2.05) is 0 Å². The van der Waals surface area contributed by atoms with Gasteiger partial charge in [-0.05, 0) is 12.1 Å². The van der Waals surface area contributed by atoms with Gasteiger partial charge in [0.05, 0.1) is 15.6 Å². The molecule has 0 saturated heterocycles. The maximum Gasteiger partial charge on any atom is 0.353 e. The number of rotatable bonds is 2. The first kappa shape index (κ1) is 19.7. The van der Waals surface area contributed by atoms with Gasteiger partial charge >= 0.3 is 15.3 Å². The Morgan fingerprint density at radius 3 is 1.75 bits per heavy atom. The molecular formula is C7H4Cl4O7S2. The number of hydrogen-bond acceptors (Lipinski definition) is 5. The van der Waals surface area contributed by atoms with Crippen LogP contribution in [0.4, 0.5) is 0 Å². The summed E-state index contributed by atoms with van der Waals surface area (Å²) < 4.78 is 47.1. The van der Waals surface area contributed by atoms with E-state index in [9.17, 15) is 13.2 Å². The van der Waals surface area contributed by atoms with Crippen molar-refractivity contribution in [3.63, 3.8) is 0 Å². The third kappa shape index (κ3) is 6.93. The van der Waals surface area contributed by atoms with Crippen molar-refractivity contribution in [3.8, 4) is 0 Å². The van der Waals surface area contributed by atoms with Crippen molar-refractivity contribution >= 4 is 68.9 Å². The summed E-state index contributed by atoms with van der Waals surface area (Å²) in [4.78, 5) is 10.2. The molecule has 0 spiro atoms. The van der Waals surface area contributed by atoms with Crippen molar-refractivity contribution in [2.24, 2.45) is 0 Å². The Hall–Kier alpha value is -0.290. The molecule has 0 heterocycles. The second kappa shape index (κ2) is 7.12. The van der Waals surface area contributed by atoms with E-state index in [1.54, 1.807) is 0 Å². The van der Waals surface area contributed by atoms with Crippen LogP contribution in [0, 0.1) is 0 Å². The number of hydrogen-bond donors (Lipinski definition) is 2. The topological polar surface area (TPSA) is 126 Å². The van der Waals surface area contributed by atoms with Crippen molar-refractivity contribution in [2.75, 3.05) is 0 Å². The maximum absolute atomic E-state index is 11.0. The molecule has 1 aromatic rings. The van der Waals surface area contributed by atoms with E-state index in [2.05, 4.69) is 10.7 Å². The highest BCUT2D eigenvalue weighted by atomic mass is 35.7. The van der Waals surface area contributed by atoms with E-state index < -0.39 is 39.8 Å². The molecule has 7 nitrogen and oxygen atoms in total. The van der Waals surface area contributed by atoms with Gasteiger partial charge in [-0.25, -0.2) is 13.2 Å². The fraction of sp³-hybridized carbons (Fsp3) is 0. The zero-order valence-electron chi connectivity index (χ0n) is 8.92. The van der Waals surface area contributed by atoms with Crippen LogP contribution in [0.25, 0.3) is 0 Å². The van der Waals surface area contributed by atoms with E-state index in [1.165, 1.54) is 0 Å². The Kier molecular flexibility index (Phi) is 7.02. The molecule has 114 valence electrons. The van der Waals surface area contributed by atoms with Gasteiger partial charge in [0.15, 0.2) is 0 Å². The smallest absolute Gasteiger partial charge is 0.353 e. The van der Waals surface area contributed by atoms with Gasteiger partial charge in [0.2, 0.25) is 0 Å². The molecule has 0 aliphatic carbocycles. The summed E-state index contributed by atoms with van der Waals surface area (Å²) in [7, 11) is 0.820. The standard InChI is InChI=1S/C7H3Cl3O4S.ClHO3S/c8-3-1-2-4(15(10,13)14)6(9)5(3)7(11)12;1-5(2,3)4/h1-2H,(H,11,12);(H,2,3,4). The summed E-state index contributed by atoms with van der Waals surface area (Å²) >= 11 is 11.1. The molecule has 0 fully saturated rings. The Morgan fingerprint density at radius 1 is 1.05 bits per heavy atom. The van der Waals surface area contributed by atoms with Gasteiger partial charge < -0.3 is 5.11 Å². The number of carbonyl (C=O) groups is 1. The van der Waals surface area contributed by atoms with Gasteiger partial charge in [0.1, 0.15) is 4.90 Å². The molecule has 0 aliphatic rings. The Labute approximate surface area is 132 Å². The molecule has 1 rings (SSSR count). The lowest BCUT2D eigenvalue weighted by molar-refractivity contribution is 0.0697. The molecule has 0 bridgehead atoms. The normalized spacial score (nSPS) is 11.4. The number of carboxylic acids is 1. The molecule has 2 N–H and O–H groups in total. The minimum Gasteiger partial charge on any atom is -0.478 e. The first-order valence-corrected chi connectivity index (χ1v) is 9.41. The van der Waals surface area contributed by atoms with Crippen LogP contribution < -0.4 is 0 Å². The highest BCUT2D eigenvalue weighted by molar-refractivity contribution is 8.13. The quantitative estimate of drug-likeness (QED) is 0.571. The number of benzene rings is 1. The number of carboxylic acid groups (broad SMARTS) is 1. The number of halogens is 4. The minimum atomic E-state index is -4.19. The van der Waals surface area contributed by atoms with Crippen molar-refractivity contribution in [1.82, 2.24) is 0 Å². The van der Waals surface area contributed by atoms with Crippen LogP contribution in [-0.2, 0) is 18.4 Å². The molecule has 0 amide bonds. The number of aromatic carboxylic acids is 1. The van der Waals surface area contributed by atoms with Crippen LogP contribution in [0.2, 0.25) is 10.0 Å². The highest BCUT2D eigenvalue weighted by Gasteiger charge is 2.22. The molecule has 0 unspecified atom stereocenters. The van der Waals surface area contributed by atoms with Crippen LogP contribution in [0.3, 0.4) is 0 Å². The van der Waals surface area contributed by atoms with Crippen molar-refractivity contribution < 1.29 is 31.3 Å². The average Bonchev–Trinajstić information content (AvgIpc) is 2.11. The van der Waals surface area contributed by atoms with Crippen LogP contribution in [0.1, 0.15) is 10.4 Å². The average molecular weight is 406 g/mol. The van der Waals surface area contributed by atoms with Gasteiger partial charge in [0, 0.05) is 21.4 Å². The van der Waals surface area contributed by atoms with Crippen LogP contribution in [0.15, 0.2) is 17.0 Å². The maximum atomic E-state index is 11.0. The first-order valence-electron chi connectivity index (χ1n) is 4.08. The minimum absolute atomic E-state index is 0.156. The zero-order chi connectivity index (χ0) is 16.3. The lowest BCUT2D eigenvalue weighted by Crippen LogP contribution is -2.02. The second-order valence-electron chi connectivity index (χ2n) is 2.89. The predicted octanol–water partition coefficient (Wildman–Crippen LogP) is 2.65. The van der Waals surface area contributed by atoms with Crippen molar-refractivity contribution in [3.05, 3.63) is 27.7 Å². The summed E-state index contributed by atoms with van der Waals surface area (Å²) in [6, 6.07) is 2.14. The van der Waals surface area contributed by atoms with Gasteiger partial charge in [-0.15, -0.1) is 0 Å². The van der Waals surface area contributed by atoms with E-state index in [0.29, 0.717) is 0 Å².